The lowest BCUT2D eigenvalue weighted by Crippen LogP contribution is -2.41. The molecule has 1 amide bonds. The molecule has 176 valence electrons. The zero-order chi connectivity index (χ0) is 23.9. The van der Waals surface area contributed by atoms with Gasteiger partial charge in [0.2, 0.25) is 0 Å². The summed E-state index contributed by atoms with van der Waals surface area (Å²) in [5.41, 5.74) is 14.3. The number of carbonyl (C=O) groups is 1. The Morgan fingerprint density at radius 1 is 1.06 bits per heavy atom. The molecule has 3 aromatic rings. The Balaban J connectivity index is 1.32. The van der Waals surface area contributed by atoms with E-state index in [2.05, 4.69) is 52.6 Å². The van der Waals surface area contributed by atoms with Crippen LogP contribution in [0.2, 0.25) is 0 Å². The minimum Gasteiger partial charge on any atom is -0.489 e. The number of benzene rings is 3. The van der Waals surface area contributed by atoms with Crippen LogP contribution in [0.15, 0.2) is 77.9 Å². The maximum absolute atomic E-state index is 12.6. The van der Waals surface area contributed by atoms with E-state index in [4.69, 9.17) is 4.74 Å². The Kier molecular flexibility index (Phi) is 7.57. The number of carbonyl (C=O) groups excluding carboxylic acids is 1. The average Bonchev–Trinajstić information content (AvgIpc) is 3.34. The third-order valence-electron chi connectivity index (χ3n) is 5.83. The number of para-hydroxylation sites is 1. The first-order valence-corrected chi connectivity index (χ1v) is 11.4. The maximum Gasteiger partial charge on any atom is 0.258 e. The van der Waals surface area contributed by atoms with E-state index >= 15 is 0 Å². The van der Waals surface area contributed by atoms with Crippen LogP contribution in [0.1, 0.15) is 34.7 Å². The molecule has 3 N–H and O–H groups in total. The van der Waals surface area contributed by atoms with Crippen molar-refractivity contribution in [1.82, 2.24) is 16.3 Å². The Morgan fingerprint density at radius 2 is 1.79 bits per heavy atom. The summed E-state index contributed by atoms with van der Waals surface area (Å²) in [6.45, 7) is 2.56. The largest absolute Gasteiger partial charge is 0.489 e. The van der Waals surface area contributed by atoms with Gasteiger partial charge < -0.3 is 9.64 Å². The molecule has 0 saturated carbocycles. The highest BCUT2D eigenvalue weighted by Gasteiger charge is 2.31. The molecule has 0 bridgehead atoms. The Morgan fingerprint density at radius 3 is 2.53 bits per heavy atom. The highest BCUT2D eigenvalue weighted by Crippen LogP contribution is 2.30. The molecular formula is C27H31N5O2. The van der Waals surface area contributed by atoms with Crippen molar-refractivity contribution in [3.8, 4) is 5.75 Å². The Hall–Kier alpha value is -3.68. The van der Waals surface area contributed by atoms with Gasteiger partial charge in [-0.15, -0.1) is 0 Å². The predicted octanol–water partition coefficient (Wildman–Crippen LogP) is 3.70. The topological polar surface area (TPSA) is 78.0 Å². The molecule has 1 aliphatic heterocycles. The van der Waals surface area contributed by atoms with Crippen molar-refractivity contribution in [1.29, 1.82) is 0 Å². The van der Waals surface area contributed by atoms with Gasteiger partial charge in [0.15, 0.2) is 0 Å². The quantitative estimate of drug-likeness (QED) is 0.355. The summed E-state index contributed by atoms with van der Waals surface area (Å²) in [6.07, 6.45) is 2.23. The molecule has 7 nitrogen and oxygen atoms in total. The van der Waals surface area contributed by atoms with E-state index in [1.54, 1.807) is 6.21 Å². The Bertz CT molecular complexity index is 1130. The number of hydrazine groups is 1. The van der Waals surface area contributed by atoms with Crippen molar-refractivity contribution in [3.05, 3.63) is 95.1 Å². The standard InChI is InChI=1S/C27H31N5O2/c1-19-8-10-21(11-9-19)18-34-26-7-5-4-6-23(26)24-16-25(30-29-24)27(33)31-28-17-20-12-14-22(15-13-20)32(2)3/h4-15,17,24-25,29-30H,16,18H2,1-3H3,(H,31,33)/b28-17+. The molecule has 0 aromatic heterocycles. The molecule has 3 aromatic carbocycles. The lowest BCUT2D eigenvalue weighted by atomic mass is 10.0. The monoisotopic (exact) mass is 457 g/mol. The van der Waals surface area contributed by atoms with Gasteiger partial charge >= 0.3 is 0 Å². The molecule has 2 atom stereocenters. The average molecular weight is 458 g/mol. The minimum absolute atomic E-state index is 0.0486. The van der Waals surface area contributed by atoms with Crippen molar-refractivity contribution < 1.29 is 9.53 Å². The van der Waals surface area contributed by atoms with Gasteiger partial charge in [0.05, 0.1) is 12.3 Å². The summed E-state index contributed by atoms with van der Waals surface area (Å²) < 4.78 is 6.11. The number of hydrogen-bond donors (Lipinski definition) is 3. The van der Waals surface area contributed by atoms with E-state index < -0.39 is 6.04 Å². The summed E-state index contributed by atoms with van der Waals surface area (Å²) in [5.74, 6) is 0.622. The second kappa shape index (κ2) is 11.0. The summed E-state index contributed by atoms with van der Waals surface area (Å²) in [4.78, 5) is 14.6. The van der Waals surface area contributed by atoms with Gasteiger partial charge in [-0.2, -0.15) is 5.10 Å². The van der Waals surface area contributed by atoms with Crippen molar-refractivity contribution in [3.63, 3.8) is 0 Å². The molecule has 0 radical (unpaired) electrons. The van der Waals surface area contributed by atoms with Gasteiger partial charge in [0.1, 0.15) is 18.4 Å². The third kappa shape index (κ3) is 6.01. The number of aryl methyl sites for hydroxylation is 1. The van der Waals surface area contributed by atoms with Crippen LogP contribution in [-0.4, -0.2) is 32.3 Å². The fourth-order valence-corrected chi connectivity index (χ4v) is 3.78. The van der Waals surface area contributed by atoms with Gasteiger partial charge in [-0.25, -0.2) is 16.3 Å². The summed E-state index contributed by atoms with van der Waals surface area (Å²) in [6, 6.07) is 23.7. The second-order valence-electron chi connectivity index (χ2n) is 8.66. The zero-order valence-corrected chi connectivity index (χ0v) is 19.8. The van der Waals surface area contributed by atoms with Gasteiger partial charge in [-0.1, -0.05) is 60.2 Å². The van der Waals surface area contributed by atoms with Crippen molar-refractivity contribution in [2.45, 2.75) is 32.0 Å². The van der Waals surface area contributed by atoms with Crippen LogP contribution in [0.5, 0.6) is 5.75 Å². The van der Waals surface area contributed by atoms with Crippen molar-refractivity contribution >= 4 is 17.8 Å². The molecule has 1 saturated heterocycles. The fraction of sp³-hybridized carbons (Fsp3) is 0.259. The fourth-order valence-electron chi connectivity index (χ4n) is 3.78. The van der Waals surface area contributed by atoms with E-state index in [1.807, 2.05) is 67.5 Å². The van der Waals surface area contributed by atoms with Crippen LogP contribution in [0.25, 0.3) is 0 Å². The van der Waals surface area contributed by atoms with Crippen LogP contribution in [0.4, 0.5) is 5.69 Å². The van der Waals surface area contributed by atoms with E-state index in [1.165, 1.54) is 5.56 Å². The highest BCUT2D eigenvalue weighted by molar-refractivity contribution is 5.85. The smallest absolute Gasteiger partial charge is 0.258 e. The van der Waals surface area contributed by atoms with Gasteiger partial charge in [-0.3, -0.25) is 4.79 Å². The SMILES string of the molecule is Cc1ccc(COc2ccccc2C2CC(C(=O)N/N=C/c3ccc(N(C)C)cc3)NN2)cc1. The summed E-state index contributed by atoms with van der Waals surface area (Å²) in [5, 5.41) is 4.11. The van der Waals surface area contributed by atoms with E-state index in [0.29, 0.717) is 13.0 Å². The highest BCUT2D eigenvalue weighted by atomic mass is 16.5. The first-order chi connectivity index (χ1) is 16.5. The lowest BCUT2D eigenvalue weighted by molar-refractivity contribution is -0.122. The molecule has 0 spiro atoms. The molecule has 0 aliphatic carbocycles. The molecule has 7 heteroatoms. The second-order valence-corrected chi connectivity index (χ2v) is 8.66. The van der Waals surface area contributed by atoms with E-state index in [-0.39, 0.29) is 11.9 Å². The van der Waals surface area contributed by atoms with Crippen LogP contribution < -0.4 is 25.9 Å². The summed E-state index contributed by atoms with van der Waals surface area (Å²) in [7, 11) is 3.99. The Labute approximate surface area is 200 Å². The summed E-state index contributed by atoms with van der Waals surface area (Å²) >= 11 is 0. The first kappa shape index (κ1) is 23.5. The minimum atomic E-state index is -0.400. The first-order valence-electron chi connectivity index (χ1n) is 11.4. The zero-order valence-electron chi connectivity index (χ0n) is 19.8. The van der Waals surface area contributed by atoms with Gasteiger partial charge in [0, 0.05) is 25.3 Å². The van der Waals surface area contributed by atoms with Gasteiger partial charge in [0.25, 0.3) is 5.91 Å². The van der Waals surface area contributed by atoms with Crippen molar-refractivity contribution in [2.75, 3.05) is 19.0 Å². The number of nitrogens with zero attached hydrogens (tertiary/aromatic N) is 2. The molecule has 2 unspecified atom stereocenters. The van der Waals surface area contributed by atoms with Crippen LogP contribution in [-0.2, 0) is 11.4 Å². The molecule has 1 heterocycles. The molecule has 34 heavy (non-hydrogen) atoms. The van der Waals surface area contributed by atoms with E-state index in [0.717, 1.165) is 28.1 Å². The number of anilines is 1. The molecule has 1 aliphatic rings. The van der Waals surface area contributed by atoms with Crippen molar-refractivity contribution in [2.24, 2.45) is 5.10 Å². The number of hydrazone groups is 1. The lowest BCUT2D eigenvalue weighted by Gasteiger charge is -2.16. The number of rotatable bonds is 8. The van der Waals surface area contributed by atoms with Crippen LogP contribution in [0, 0.1) is 6.92 Å². The van der Waals surface area contributed by atoms with Crippen LogP contribution in [0.3, 0.4) is 0 Å². The molecule has 1 fully saturated rings. The van der Waals surface area contributed by atoms with E-state index in [9.17, 15) is 4.79 Å². The number of amides is 1. The molecule has 4 rings (SSSR count). The number of nitrogens with one attached hydrogen (secondary N) is 3. The number of hydrogen-bond acceptors (Lipinski definition) is 6. The van der Waals surface area contributed by atoms with Crippen LogP contribution >= 0.6 is 0 Å². The predicted molar refractivity (Wildman–Crippen MR) is 136 cm³/mol. The van der Waals surface area contributed by atoms with Gasteiger partial charge in [-0.05, 0) is 42.7 Å². The normalized spacial score (nSPS) is 17.6. The molecular weight excluding hydrogens is 426 g/mol. The maximum atomic E-state index is 12.6. The number of ether oxygens (including phenoxy) is 1. The third-order valence-corrected chi connectivity index (χ3v) is 5.83.